The summed E-state index contributed by atoms with van der Waals surface area (Å²) in [4.78, 5) is 10.3. The predicted octanol–water partition coefficient (Wildman–Crippen LogP) is 2.78. The highest BCUT2D eigenvalue weighted by Gasteiger charge is 2.24. The molecule has 1 aliphatic rings. The summed E-state index contributed by atoms with van der Waals surface area (Å²) >= 11 is 3.31. The van der Waals surface area contributed by atoms with Crippen LogP contribution in [0, 0.1) is 10.1 Å². The summed E-state index contributed by atoms with van der Waals surface area (Å²) in [6, 6.07) is 3.04. The first-order valence-corrected chi connectivity index (χ1v) is 5.23. The maximum atomic E-state index is 10.8. The van der Waals surface area contributed by atoms with Gasteiger partial charge in [0.1, 0.15) is 0 Å². The Labute approximate surface area is 94.3 Å². The Balaban J connectivity index is 2.57. The van der Waals surface area contributed by atoms with E-state index in [0.717, 1.165) is 0 Å². The van der Waals surface area contributed by atoms with Crippen LogP contribution in [0.1, 0.15) is 17.3 Å². The van der Waals surface area contributed by atoms with Crippen LogP contribution < -0.4 is 9.47 Å². The summed E-state index contributed by atoms with van der Waals surface area (Å²) in [5.74, 6) is 0.987. The lowest BCUT2D eigenvalue weighted by molar-refractivity contribution is -0.385. The molecule has 15 heavy (non-hydrogen) atoms. The van der Waals surface area contributed by atoms with Gasteiger partial charge in [0.25, 0.3) is 5.69 Å². The van der Waals surface area contributed by atoms with Crippen molar-refractivity contribution in [3.05, 3.63) is 27.8 Å². The molecule has 0 N–H and O–H groups in total. The number of alkyl halides is 1. The van der Waals surface area contributed by atoms with E-state index in [9.17, 15) is 10.1 Å². The second-order valence-corrected chi connectivity index (χ2v) is 4.51. The number of ether oxygens (including phenoxy) is 2. The van der Waals surface area contributed by atoms with Gasteiger partial charge in [0.05, 0.1) is 11.0 Å². The van der Waals surface area contributed by atoms with Crippen molar-refractivity contribution < 1.29 is 14.4 Å². The molecule has 1 heterocycles. The third-order valence-corrected chi connectivity index (χ3v) is 2.64. The molecule has 0 spiro atoms. The lowest BCUT2D eigenvalue weighted by Crippen LogP contribution is -1.95. The van der Waals surface area contributed by atoms with Crippen LogP contribution in [-0.4, -0.2) is 11.7 Å². The Morgan fingerprint density at radius 3 is 2.60 bits per heavy atom. The maximum Gasteiger partial charge on any atom is 0.277 e. The summed E-state index contributed by atoms with van der Waals surface area (Å²) in [5, 5.41) is 10.8. The molecule has 1 aliphatic heterocycles. The first-order valence-electron chi connectivity index (χ1n) is 4.31. The first kappa shape index (κ1) is 10.2. The zero-order valence-electron chi connectivity index (χ0n) is 7.90. The largest absolute Gasteiger partial charge is 0.454 e. The van der Waals surface area contributed by atoms with E-state index in [2.05, 4.69) is 15.9 Å². The third kappa shape index (κ3) is 1.77. The molecule has 0 saturated heterocycles. The van der Waals surface area contributed by atoms with Gasteiger partial charge in [0.2, 0.25) is 6.79 Å². The Kier molecular flexibility index (Phi) is 2.52. The second-order valence-electron chi connectivity index (χ2n) is 3.14. The fourth-order valence-corrected chi connectivity index (χ4v) is 1.79. The van der Waals surface area contributed by atoms with Gasteiger partial charge in [-0.15, -0.1) is 0 Å². The lowest BCUT2D eigenvalue weighted by Gasteiger charge is -2.06. The first-order chi connectivity index (χ1) is 7.09. The highest BCUT2D eigenvalue weighted by atomic mass is 79.9. The molecule has 0 bridgehead atoms. The maximum absolute atomic E-state index is 10.8. The van der Waals surface area contributed by atoms with Crippen LogP contribution in [0.25, 0.3) is 0 Å². The Morgan fingerprint density at radius 1 is 1.47 bits per heavy atom. The van der Waals surface area contributed by atoms with Gasteiger partial charge >= 0.3 is 0 Å². The Morgan fingerprint density at radius 2 is 2.07 bits per heavy atom. The molecule has 5 nitrogen and oxygen atoms in total. The number of fused-ring (bicyclic) bond motifs is 1. The number of benzene rings is 1. The SMILES string of the molecule is CC(Br)c1cc2c(cc1[N+](=O)[O-])OCO2. The van der Waals surface area contributed by atoms with E-state index in [1.165, 1.54) is 6.07 Å². The van der Waals surface area contributed by atoms with Gasteiger partial charge in [-0.25, -0.2) is 0 Å². The van der Waals surface area contributed by atoms with Crippen LogP contribution >= 0.6 is 15.9 Å². The number of nitrogens with zero attached hydrogens (tertiary/aromatic N) is 1. The van der Waals surface area contributed by atoms with Gasteiger partial charge in [0, 0.05) is 10.4 Å². The second kappa shape index (κ2) is 3.69. The van der Waals surface area contributed by atoms with E-state index in [0.29, 0.717) is 17.1 Å². The third-order valence-electron chi connectivity index (χ3n) is 2.15. The van der Waals surface area contributed by atoms with E-state index in [1.807, 2.05) is 6.92 Å². The summed E-state index contributed by atoms with van der Waals surface area (Å²) in [7, 11) is 0. The molecule has 0 radical (unpaired) electrons. The van der Waals surface area contributed by atoms with Gasteiger partial charge < -0.3 is 9.47 Å². The van der Waals surface area contributed by atoms with Gasteiger partial charge in [-0.3, -0.25) is 10.1 Å². The molecule has 1 aromatic carbocycles. The topological polar surface area (TPSA) is 61.6 Å². The monoisotopic (exact) mass is 273 g/mol. The van der Waals surface area contributed by atoms with Crippen molar-refractivity contribution in [2.45, 2.75) is 11.8 Å². The van der Waals surface area contributed by atoms with E-state index < -0.39 is 4.92 Å². The molecule has 80 valence electrons. The van der Waals surface area contributed by atoms with Crippen LogP contribution in [-0.2, 0) is 0 Å². The molecule has 1 aromatic rings. The van der Waals surface area contributed by atoms with Crippen LogP contribution in [0.5, 0.6) is 11.5 Å². The molecule has 0 aliphatic carbocycles. The fraction of sp³-hybridized carbons (Fsp3) is 0.333. The quantitative estimate of drug-likeness (QED) is 0.472. The molecule has 0 saturated carbocycles. The number of nitro groups is 1. The zero-order chi connectivity index (χ0) is 11.0. The smallest absolute Gasteiger partial charge is 0.277 e. The van der Waals surface area contributed by atoms with Gasteiger partial charge in [-0.05, 0) is 13.0 Å². The minimum atomic E-state index is -0.422. The fourth-order valence-electron chi connectivity index (χ4n) is 1.42. The number of halogens is 1. The normalized spacial score (nSPS) is 15.1. The van der Waals surface area contributed by atoms with Crippen molar-refractivity contribution >= 4 is 21.6 Å². The average molecular weight is 274 g/mol. The zero-order valence-corrected chi connectivity index (χ0v) is 9.48. The Hall–Kier alpha value is -1.30. The van der Waals surface area contributed by atoms with Gasteiger partial charge in [-0.1, -0.05) is 15.9 Å². The summed E-state index contributed by atoms with van der Waals surface area (Å²) < 4.78 is 10.2. The lowest BCUT2D eigenvalue weighted by atomic mass is 10.1. The van der Waals surface area contributed by atoms with Crippen molar-refractivity contribution in [1.82, 2.24) is 0 Å². The molecule has 1 atom stereocenters. The molecular weight excluding hydrogens is 266 g/mol. The van der Waals surface area contributed by atoms with Crippen LogP contribution in [0.2, 0.25) is 0 Å². The number of hydrogen-bond acceptors (Lipinski definition) is 4. The molecule has 0 fully saturated rings. The van der Waals surface area contributed by atoms with Crippen LogP contribution in [0.15, 0.2) is 12.1 Å². The highest BCUT2D eigenvalue weighted by Crippen LogP contribution is 2.41. The van der Waals surface area contributed by atoms with Crippen molar-refractivity contribution in [2.24, 2.45) is 0 Å². The van der Waals surface area contributed by atoms with Crippen molar-refractivity contribution in [2.75, 3.05) is 6.79 Å². The van der Waals surface area contributed by atoms with Crippen molar-refractivity contribution in [1.29, 1.82) is 0 Å². The average Bonchev–Trinajstić information content (AvgIpc) is 2.61. The summed E-state index contributed by atoms with van der Waals surface area (Å²) in [6.45, 7) is 1.94. The number of nitro benzene ring substituents is 1. The van der Waals surface area contributed by atoms with Crippen LogP contribution in [0.3, 0.4) is 0 Å². The number of rotatable bonds is 2. The van der Waals surface area contributed by atoms with Crippen molar-refractivity contribution in [3.63, 3.8) is 0 Å². The molecular formula is C9H8BrNO4. The van der Waals surface area contributed by atoms with Crippen molar-refractivity contribution in [3.8, 4) is 11.5 Å². The van der Waals surface area contributed by atoms with E-state index >= 15 is 0 Å². The minimum absolute atomic E-state index is 0.0450. The summed E-state index contributed by atoms with van der Waals surface area (Å²) in [6.07, 6.45) is 0. The molecule has 0 aromatic heterocycles. The molecule has 2 rings (SSSR count). The molecule has 6 heteroatoms. The Bertz CT molecular complexity index is 419. The minimum Gasteiger partial charge on any atom is -0.454 e. The molecule has 0 amide bonds. The predicted molar refractivity (Wildman–Crippen MR) is 56.6 cm³/mol. The van der Waals surface area contributed by atoms with Gasteiger partial charge in [-0.2, -0.15) is 0 Å². The standard InChI is InChI=1S/C9H8BrNO4/c1-5(10)6-2-8-9(15-4-14-8)3-7(6)11(12)13/h2-3,5H,4H2,1H3. The van der Waals surface area contributed by atoms with Crippen LogP contribution in [0.4, 0.5) is 5.69 Å². The van der Waals surface area contributed by atoms with E-state index in [4.69, 9.17) is 9.47 Å². The van der Waals surface area contributed by atoms with E-state index in [-0.39, 0.29) is 17.3 Å². The molecule has 1 unspecified atom stereocenters. The van der Waals surface area contributed by atoms with Gasteiger partial charge in [0.15, 0.2) is 11.5 Å². The van der Waals surface area contributed by atoms with E-state index in [1.54, 1.807) is 6.07 Å². The highest BCUT2D eigenvalue weighted by molar-refractivity contribution is 9.09. The number of hydrogen-bond donors (Lipinski definition) is 0. The summed E-state index contributed by atoms with van der Waals surface area (Å²) in [5.41, 5.74) is 0.632.